The van der Waals surface area contributed by atoms with Gasteiger partial charge in [0, 0.05) is 31.0 Å². The molecule has 1 aromatic rings. The van der Waals surface area contributed by atoms with Gasteiger partial charge in [-0.3, -0.25) is 4.79 Å². The van der Waals surface area contributed by atoms with Gasteiger partial charge in [-0.15, -0.1) is 0 Å². The van der Waals surface area contributed by atoms with Crippen molar-refractivity contribution in [2.24, 2.45) is 5.41 Å². The maximum Gasteiger partial charge on any atom is 0.222 e. The van der Waals surface area contributed by atoms with Crippen molar-refractivity contribution in [3.63, 3.8) is 0 Å². The SMILES string of the molecule is O=C(CCc1ccsc1)N1CC[C@H]2NCCC[C@]2(CO)C1. The summed E-state index contributed by atoms with van der Waals surface area (Å²) in [4.78, 5) is 14.4. The second-order valence-electron chi connectivity index (χ2n) is 6.37. The van der Waals surface area contributed by atoms with Crippen LogP contribution in [0.25, 0.3) is 0 Å². The molecule has 0 unspecified atom stereocenters. The van der Waals surface area contributed by atoms with Crippen LogP contribution < -0.4 is 5.32 Å². The molecular weight excluding hydrogens is 284 g/mol. The van der Waals surface area contributed by atoms with Crippen LogP contribution in [0.3, 0.4) is 0 Å². The number of piperidine rings is 2. The van der Waals surface area contributed by atoms with Crippen molar-refractivity contribution < 1.29 is 9.90 Å². The lowest BCUT2D eigenvalue weighted by Gasteiger charge is -2.50. The maximum atomic E-state index is 12.5. The molecule has 2 fully saturated rings. The summed E-state index contributed by atoms with van der Waals surface area (Å²) < 4.78 is 0. The van der Waals surface area contributed by atoms with Crippen molar-refractivity contribution in [3.05, 3.63) is 22.4 Å². The van der Waals surface area contributed by atoms with Gasteiger partial charge in [-0.2, -0.15) is 11.3 Å². The summed E-state index contributed by atoms with van der Waals surface area (Å²) >= 11 is 1.68. The third-order valence-corrected chi connectivity index (χ3v) is 5.78. The second kappa shape index (κ2) is 6.46. The number of carbonyl (C=O) groups excluding carboxylic acids is 1. The Morgan fingerprint density at radius 1 is 1.57 bits per heavy atom. The van der Waals surface area contributed by atoms with E-state index in [1.54, 1.807) is 11.3 Å². The molecule has 0 aliphatic carbocycles. The lowest BCUT2D eigenvalue weighted by atomic mass is 9.70. The van der Waals surface area contributed by atoms with Gasteiger partial charge in [-0.25, -0.2) is 0 Å². The number of nitrogens with one attached hydrogen (secondary N) is 1. The number of aliphatic hydroxyl groups is 1. The molecule has 0 spiro atoms. The van der Waals surface area contributed by atoms with E-state index in [0.29, 0.717) is 19.0 Å². The standard InChI is InChI=1S/C16H24N2O2S/c19-12-16-6-1-7-17-14(16)4-8-18(11-16)15(20)3-2-13-5-9-21-10-13/h5,9-10,14,17,19H,1-4,6-8,11-12H2/t14-,16-/m1/s1. The Morgan fingerprint density at radius 2 is 2.48 bits per heavy atom. The molecule has 0 aromatic carbocycles. The fourth-order valence-corrected chi connectivity index (χ4v) is 4.45. The number of nitrogens with zero attached hydrogens (tertiary/aromatic N) is 1. The largest absolute Gasteiger partial charge is 0.396 e. The van der Waals surface area contributed by atoms with E-state index >= 15 is 0 Å². The highest BCUT2D eigenvalue weighted by molar-refractivity contribution is 7.07. The van der Waals surface area contributed by atoms with Gasteiger partial charge in [0.05, 0.1) is 6.61 Å². The van der Waals surface area contributed by atoms with E-state index in [4.69, 9.17) is 0 Å². The van der Waals surface area contributed by atoms with E-state index in [-0.39, 0.29) is 17.9 Å². The van der Waals surface area contributed by atoms with Gasteiger partial charge in [0.2, 0.25) is 5.91 Å². The van der Waals surface area contributed by atoms with Gasteiger partial charge in [-0.1, -0.05) is 0 Å². The molecule has 0 bridgehead atoms. The van der Waals surface area contributed by atoms with Crippen molar-refractivity contribution in [2.45, 2.75) is 38.1 Å². The highest BCUT2D eigenvalue weighted by atomic mass is 32.1. The molecule has 3 heterocycles. The van der Waals surface area contributed by atoms with Crippen LogP contribution in [0.4, 0.5) is 0 Å². The van der Waals surface area contributed by atoms with E-state index in [1.807, 2.05) is 4.90 Å². The number of thiophene rings is 1. The first-order valence-corrected chi connectivity index (χ1v) is 8.81. The molecule has 1 aromatic heterocycles. The van der Waals surface area contributed by atoms with Crippen LogP contribution in [0, 0.1) is 5.41 Å². The van der Waals surface area contributed by atoms with Crippen LogP contribution in [-0.2, 0) is 11.2 Å². The Labute approximate surface area is 130 Å². The number of carbonyl (C=O) groups is 1. The zero-order valence-corrected chi connectivity index (χ0v) is 13.2. The molecule has 2 aliphatic rings. The van der Waals surface area contributed by atoms with Crippen LogP contribution >= 0.6 is 11.3 Å². The lowest BCUT2D eigenvalue weighted by molar-refractivity contribution is -0.137. The van der Waals surface area contributed by atoms with E-state index in [2.05, 4.69) is 22.1 Å². The number of likely N-dealkylation sites (tertiary alicyclic amines) is 1. The van der Waals surface area contributed by atoms with Crippen LogP contribution in [0.1, 0.15) is 31.2 Å². The Bertz CT molecular complexity index is 477. The molecule has 0 saturated carbocycles. The lowest BCUT2D eigenvalue weighted by Crippen LogP contribution is -2.62. The third kappa shape index (κ3) is 3.15. The fraction of sp³-hybridized carbons (Fsp3) is 0.688. The number of hydrogen-bond acceptors (Lipinski definition) is 4. The Kier molecular flexibility index (Phi) is 4.62. The average molecular weight is 308 g/mol. The van der Waals surface area contributed by atoms with Crippen LogP contribution in [0.2, 0.25) is 0 Å². The van der Waals surface area contributed by atoms with Crippen molar-refractivity contribution >= 4 is 17.2 Å². The van der Waals surface area contributed by atoms with Crippen molar-refractivity contribution in [3.8, 4) is 0 Å². The molecule has 2 atom stereocenters. The quantitative estimate of drug-likeness (QED) is 0.889. The summed E-state index contributed by atoms with van der Waals surface area (Å²) in [5.41, 5.74) is 1.13. The molecule has 5 heteroatoms. The number of aliphatic hydroxyl groups excluding tert-OH is 1. The van der Waals surface area contributed by atoms with Crippen LogP contribution in [-0.4, -0.2) is 48.2 Å². The molecule has 3 rings (SSSR count). The number of amides is 1. The minimum absolute atomic E-state index is 0.117. The molecule has 2 saturated heterocycles. The van der Waals surface area contributed by atoms with Gasteiger partial charge in [0.15, 0.2) is 0 Å². The number of rotatable bonds is 4. The van der Waals surface area contributed by atoms with Gasteiger partial charge in [-0.05, 0) is 54.6 Å². The van der Waals surface area contributed by atoms with E-state index in [9.17, 15) is 9.90 Å². The second-order valence-corrected chi connectivity index (χ2v) is 7.15. The highest BCUT2D eigenvalue weighted by Gasteiger charge is 2.45. The first-order valence-electron chi connectivity index (χ1n) is 7.87. The minimum atomic E-state index is -0.117. The first-order chi connectivity index (χ1) is 10.2. The van der Waals surface area contributed by atoms with Crippen LogP contribution in [0.15, 0.2) is 16.8 Å². The minimum Gasteiger partial charge on any atom is -0.396 e. The molecule has 0 radical (unpaired) electrons. The smallest absolute Gasteiger partial charge is 0.222 e. The Hall–Kier alpha value is -0.910. The van der Waals surface area contributed by atoms with Gasteiger partial charge in [0.1, 0.15) is 0 Å². The fourth-order valence-electron chi connectivity index (χ4n) is 3.75. The van der Waals surface area contributed by atoms with E-state index in [0.717, 1.165) is 38.8 Å². The van der Waals surface area contributed by atoms with Gasteiger partial charge < -0.3 is 15.3 Å². The van der Waals surface area contributed by atoms with E-state index in [1.165, 1.54) is 5.56 Å². The molecule has 2 aliphatic heterocycles. The number of fused-ring (bicyclic) bond motifs is 1. The normalized spacial score (nSPS) is 29.2. The van der Waals surface area contributed by atoms with E-state index < -0.39 is 0 Å². The number of aryl methyl sites for hydroxylation is 1. The maximum absolute atomic E-state index is 12.5. The Balaban J connectivity index is 1.59. The average Bonchev–Trinajstić information content (AvgIpc) is 3.05. The molecule has 4 nitrogen and oxygen atoms in total. The van der Waals surface area contributed by atoms with Crippen molar-refractivity contribution in [1.82, 2.24) is 10.2 Å². The third-order valence-electron chi connectivity index (χ3n) is 5.05. The molecule has 2 N–H and O–H groups in total. The number of hydrogen-bond donors (Lipinski definition) is 2. The predicted octanol–water partition coefficient (Wildman–Crippen LogP) is 1.64. The van der Waals surface area contributed by atoms with Crippen LogP contribution in [0.5, 0.6) is 0 Å². The summed E-state index contributed by atoms with van der Waals surface area (Å²) in [5.74, 6) is 0.234. The zero-order valence-electron chi connectivity index (χ0n) is 12.4. The monoisotopic (exact) mass is 308 g/mol. The first kappa shape index (κ1) is 15.0. The molecular formula is C16H24N2O2S. The Morgan fingerprint density at radius 3 is 3.24 bits per heavy atom. The van der Waals surface area contributed by atoms with Gasteiger partial charge in [0.25, 0.3) is 0 Å². The summed E-state index contributed by atoms with van der Waals surface area (Å²) in [6.45, 7) is 2.75. The molecule has 1 amide bonds. The summed E-state index contributed by atoms with van der Waals surface area (Å²) in [6.07, 6.45) is 4.48. The molecule has 21 heavy (non-hydrogen) atoms. The topological polar surface area (TPSA) is 52.6 Å². The predicted molar refractivity (Wildman–Crippen MR) is 84.4 cm³/mol. The summed E-state index contributed by atoms with van der Waals surface area (Å²) in [6, 6.07) is 2.46. The van der Waals surface area contributed by atoms with Crippen molar-refractivity contribution in [1.29, 1.82) is 0 Å². The zero-order chi connectivity index (χ0) is 14.7. The molecule has 116 valence electrons. The van der Waals surface area contributed by atoms with Gasteiger partial charge >= 0.3 is 0 Å². The summed E-state index contributed by atoms with van der Waals surface area (Å²) in [7, 11) is 0. The summed E-state index contributed by atoms with van der Waals surface area (Å²) in [5, 5.41) is 17.6. The highest BCUT2D eigenvalue weighted by Crippen LogP contribution is 2.37. The van der Waals surface area contributed by atoms with Crippen molar-refractivity contribution in [2.75, 3.05) is 26.2 Å².